The summed E-state index contributed by atoms with van der Waals surface area (Å²) in [5, 5.41) is 2.13. The Morgan fingerprint density at radius 2 is 1.94 bits per heavy atom. The van der Waals surface area contributed by atoms with Gasteiger partial charge in [-0.05, 0) is 26.0 Å². The van der Waals surface area contributed by atoms with Gasteiger partial charge in [-0.25, -0.2) is 9.97 Å². The van der Waals surface area contributed by atoms with Crippen molar-refractivity contribution < 1.29 is 22.7 Å². The molecular weight excluding hydrogens is 429 g/mol. The second-order valence-electron chi connectivity index (χ2n) is 7.14. The molecule has 1 fully saturated rings. The molecule has 6 nitrogen and oxygen atoms in total. The first kappa shape index (κ1) is 23.5. The van der Waals surface area contributed by atoms with Crippen LogP contribution in [0.2, 0.25) is 0 Å². The van der Waals surface area contributed by atoms with E-state index in [2.05, 4.69) is 20.2 Å². The first-order valence-corrected chi connectivity index (χ1v) is 11.0. The predicted octanol–water partition coefficient (Wildman–Crippen LogP) is 3.48. The zero-order valence-electron chi connectivity index (χ0n) is 17.2. The number of ether oxygens (including phenoxy) is 1. The van der Waals surface area contributed by atoms with Crippen LogP contribution in [0.25, 0.3) is 11.3 Å². The van der Waals surface area contributed by atoms with E-state index in [1.165, 1.54) is 0 Å². The van der Waals surface area contributed by atoms with E-state index in [1.54, 1.807) is 37.3 Å². The Hall–Kier alpha value is -2.17. The summed E-state index contributed by atoms with van der Waals surface area (Å²) in [4.78, 5) is 22.6. The van der Waals surface area contributed by atoms with Crippen molar-refractivity contribution in [1.82, 2.24) is 20.2 Å². The summed E-state index contributed by atoms with van der Waals surface area (Å²) in [7, 11) is 0. The van der Waals surface area contributed by atoms with E-state index in [-0.39, 0.29) is 16.8 Å². The van der Waals surface area contributed by atoms with Gasteiger partial charge in [0.1, 0.15) is 5.69 Å². The summed E-state index contributed by atoms with van der Waals surface area (Å²) in [6.07, 6.45) is -3.81. The number of hydrogen-bond donors (Lipinski definition) is 1. The van der Waals surface area contributed by atoms with Gasteiger partial charge in [0, 0.05) is 25.2 Å². The van der Waals surface area contributed by atoms with Crippen molar-refractivity contribution in [3.63, 3.8) is 0 Å². The maximum atomic E-state index is 13.3. The summed E-state index contributed by atoms with van der Waals surface area (Å²) in [5.41, 5.74) is -0.303. The maximum absolute atomic E-state index is 13.3. The molecule has 0 saturated carbocycles. The number of alkyl halides is 3. The summed E-state index contributed by atoms with van der Waals surface area (Å²) in [6.45, 7) is 6.22. The quantitative estimate of drug-likeness (QED) is 0.374. The van der Waals surface area contributed by atoms with E-state index in [0.29, 0.717) is 12.1 Å². The highest BCUT2D eigenvalue weighted by molar-refractivity contribution is 8.00. The lowest BCUT2D eigenvalue weighted by molar-refractivity contribution is -0.141. The van der Waals surface area contributed by atoms with E-state index < -0.39 is 17.1 Å². The number of halogens is 3. The largest absolute Gasteiger partial charge is 0.433 e. The zero-order valence-corrected chi connectivity index (χ0v) is 18.0. The molecule has 1 amide bonds. The van der Waals surface area contributed by atoms with Crippen LogP contribution in [-0.4, -0.2) is 65.4 Å². The molecule has 1 aromatic carbocycles. The summed E-state index contributed by atoms with van der Waals surface area (Å²) in [6, 6.07) is 9.52. The molecule has 31 heavy (non-hydrogen) atoms. The van der Waals surface area contributed by atoms with Crippen LogP contribution in [0.4, 0.5) is 13.2 Å². The van der Waals surface area contributed by atoms with Crippen molar-refractivity contribution in [1.29, 1.82) is 0 Å². The Balaban J connectivity index is 1.60. The fourth-order valence-corrected chi connectivity index (χ4v) is 3.88. The number of rotatable bonds is 8. The van der Waals surface area contributed by atoms with Crippen molar-refractivity contribution >= 4 is 17.7 Å². The minimum atomic E-state index is -4.60. The molecule has 1 aliphatic rings. The van der Waals surface area contributed by atoms with Crippen molar-refractivity contribution in [3.05, 3.63) is 42.1 Å². The van der Waals surface area contributed by atoms with Crippen molar-refractivity contribution in [3.8, 4) is 11.3 Å². The second-order valence-corrected chi connectivity index (χ2v) is 8.45. The van der Waals surface area contributed by atoms with E-state index in [1.807, 2.05) is 0 Å². The third-order valence-electron chi connectivity index (χ3n) is 4.77. The molecule has 2 heterocycles. The lowest BCUT2D eigenvalue weighted by atomic mass is 10.1. The highest BCUT2D eigenvalue weighted by atomic mass is 32.2. The lowest BCUT2D eigenvalue weighted by Gasteiger charge is -2.26. The van der Waals surface area contributed by atoms with E-state index >= 15 is 0 Å². The molecular formula is C21H25F3N4O2S. The van der Waals surface area contributed by atoms with Crippen LogP contribution in [-0.2, 0) is 15.7 Å². The van der Waals surface area contributed by atoms with Crippen LogP contribution >= 0.6 is 11.8 Å². The fourth-order valence-electron chi connectivity index (χ4n) is 3.07. The van der Waals surface area contributed by atoms with Crippen LogP contribution < -0.4 is 5.32 Å². The van der Waals surface area contributed by atoms with E-state index in [9.17, 15) is 18.0 Å². The number of nitrogens with one attached hydrogen (secondary N) is 1. The van der Waals surface area contributed by atoms with Gasteiger partial charge in [-0.15, -0.1) is 0 Å². The molecule has 0 spiro atoms. The molecule has 1 saturated heterocycles. The maximum Gasteiger partial charge on any atom is 0.433 e. The first-order valence-electron chi connectivity index (χ1n) is 10.1. The summed E-state index contributed by atoms with van der Waals surface area (Å²) in [5.74, 6) is -0.255. The van der Waals surface area contributed by atoms with E-state index in [4.69, 9.17) is 4.74 Å². The monoisotopic (exact) mass is 454 g/mol. The molecule has 1 aromatic heterocycles. The molecule has 2 aromatic rings. The minimum absolute atomic E-state index is 0.0790. The Bertz CT molecular complexity index is 861. The van der Waals surface area contributed by atoms with Gasteiger partial charge < -0.3 is 10.1 Å². The van der Waals surface area contributed by atoms with Crippen LogP contribution in [0.1, 0.15) is 19.0 Å². The number of thioether (sulfide) groups is 1. The molecule has 1 atom stereocenters. The Morgan fingerprint density at radius 3 is 2.61 bits per heavy atom. The number of carbonyl (C=O) groups excluding carboxylic acids is 1. The smallest absolute Gasteiger partial charge is 0.379 e. The fraction of sp³-hybridized carbons (Fsp3) is 0.476. The number of morpholine rings is 1. The Kier molecular flexibility index (Phi) is 8.28. The van der Waals surface area contributed by atoms with E-state index in [0.717, 1.165) is 57.1 Å². The van der Waals surface area contributed by atoms with Crippen LogP contribution in [0.3, 0.4) is 0 Å². The van der Waals surface area contributed by atoms with Crippen molar-refractivity contribution in [2.75, 3.05) is 39.4 Å². The third-order valence-corrected chi connectivity index (χ3v) is 5.73. The molecule has 168 valence electrons. The summed E-state index contributed by atoms with van der Waals surface area (Å²) < 4.78 is 45.3. The van der Waals surface area contributed by atoms with Crippen LogP contribution in [0.5, 0.6) is 0 Å². The van der Waals surface area contributed by atoms with Gasteiger partial charge in [0.05, 0.1) is 24.2 Å². The topological polar surface area (TPSA) is 67.4 Å². The molecule has 1 N–H and O–H groups in total. The van der Waals surface area contributed by atoms with Gasteiger partial charge >= 0.3 is 6.18 Å². The predicted molar refractivity (Wildman–Crippen MR) is 113 cm³/mol. The zero-order chi connectivity index (χ0) is 22.3. The number of benzene rings is 1. The molecule has 0 aliphatic carbocycles. The molecule has 3 rings (SSSR count). The Morgan fingerprint density at radius 1 is 1.23 bits per heavy atom. The standard InChI is InChI=1S/C21H25F3N4O2S/c1-15(19(29)25-8-5-9-28-10-12-30-13-11-28)31-20-26-17(16-6-3-2-4-7-16)14-18(27-20)21(22,23)24/h2-4,6-7,14-15H,5,8-13H2,1H3,(H,25,29). The summed E-state index contributed by atoms with van der Waals surface area (Å²) >= 11 is 0.916. The number of hydrogen-bond acceptors (Lipinski definition) is 6. The van der Waals surface area contributed by atoms with Gasteiger partial charge in [-0.1, -0.05) is 42.1 Å². The minimum Gasteiger partial charge on any atom is -0.379 e. The highest BCUT2D eigenvalue weighted by Crippen LogP contribution is 2.32. The van der Waals surface area contributed by atoms with Gasteiger partial charge in [0.15, 0.2) is 5.16 Å². The SMILES string of the molecule is CC(Sc1nc(-c2ccccc2)cc(C(F)(F)F)n1)C(=O)NCCCN1CCOCC1. The van der Waals surface area contributed by atoms with Crippen LogP contribution in [0, 0.1) is 0 Å². The average Bonchev–Trinajstić information content (AvgIpc) is 2.77. The molecule has 0 radical (unpaired) electrons. The second kappa shape index (κ2) is 10.9. The van der Waals surface area contributed by atoms with Crippen molar-refractivity contribution in [2.45, 2.75) is 29.9 Å². The number of aromatic nitrogens is 2. The molecule has 1 aliphatic heterocycles. The van der Waals surface area contributed by atoms with Crippen LogP contribution in [0.15, 0.2) is 41.6 Å². The molecule has 0 bridgehead atoms. The average molecular weight is 455 g/mol. The van der Waals surface area contributed by atoms with Crippen molar-refractivity contribution in [2.24, 2.45) is 0 Å². The lowest BCUT2D eigenvalue weighted by Crippen LogP contribution is -2.38. The normalized spacial score (nSPS) is 16.1. The van der Waals surface area contributed by atoms with Gasteiger partial charge in [-0.3, -0.25) is 9.69 Å². The number of carbonyl (C=O) groups is 1. The highest BCUT2D eigenvalue weighted by Gasteiger charge is 2.34. The third kappa shape index (κ3) is 7.19. The Labute approximate surface area is 183 Å². The number of amides is 1. The van der Waals surface area contributed by atoms with Gasteiger partial charge in [0.25, 0.3) is 0 Å². The van der Waals surface area contributed by atoms with Gasteiger partial charge in [-0.2, -0.15) is 13.2 Å². The number of nitrogens with zero attached hydrogens (tertiary/aromatic N) is 3. The van der Waals surface area contributed by atoms with Gasteiger partial charge in [0.2, 0.25) is 5.91 Å². The molecule has 10 heteroatoms. The first-order chi connectivity index (χ1) is 14.8. The molecule has 1 unspecified atom stereocenters.